The zero-order chi connectivity index (χ0) is 12.5. The van der Waals surface area contributed by atoms with Crippen LogP contribution < -0.4 is 0 Å². The highest BCUT2D eigenvalue weighted by atomic mass is 16.1. The summed E-state index contributed by atoms with van der Waals surface area (Å²) < 4.78 is 0. The van der Waals surface area contributed by atoms with Crippen molar-refractivity contribution in [3.05, 3.63) is 0 Å². The number of hydrogen-bond acceptors (Lipinski definition) is 3. The molecule has 0 aromatic heterocycles. The molecule has 1 saturated carbocycles. The van der Waals surface area contributed by atoms with Crippen LogP contribution in [0.4, 0.5) is 0 Å². The average molecular weight is 250 g/mol. The molecule has 2 heterocycles. The molecule has 0 aromatic rings. The maximum atomic E-state index is 12.1. The normalized spacial score (nSPS) is 39.6. The fourth-order valence-electron chi connectivity index (χ4n) is 4.12. The molecule has 3 atom stereocenters. The van der Waals surface area contributed by atoms with E-state index in [0.29, 0.717) is 11.8 Å². The summed E-state index contributed by atoms with van der Waals surface area (Å²) >= 11 is 0. The standard InChI is InChI=1S/C15H26N2O/c1-12-10-16-9-5-4-6-13(16)11-17(12)14-7-2-3-8-15(14)18/h12-14H,2-11H2,1H3. The van der Waals surface area contributed by atoms with Gasteiger partial charge in [0.05, 0.1) is 6.04 Å². The molecule has 3 heteroatoms. The van der Waals surface area contributed by atoms with Gasteiger partial charge in [-0.1, -0.05) is 12.8 Å². The quantitative estimate of drug-likeness (QED) is 0.711. The van der Waals surface area contributed by atoms with E-state index in [2.05, 4.69) is 16.7 Å². The molecular weight excluding hydrogens is 224 g/mol. The maximum absolute atomic E-state index is 12.1. The molecule has 3 unspecified atom stereocenters. The van der Waals surface area contributed by atoms with Gasteiger partial charge in [0.1, 0.15) is 5.78 Å². The predicted molar refractivity (Wildman–Crippen MR) is 72.6 cm³/mol. The van der Waals surface area contributed by atoms with Crippen LogP contribution in [0, 0.1) is 0 Å². The minimum absolute atomic E-state index is 0.248. The van der Waals surface area contributed by atoms with Crippen molar-refractivity contribution in [3.8, 4) is 0 Å². The zero-order valence-electron chi connectivity index (χ0n) is 11.6. The van der Waals surface area contributed by atoms with E-state index in [1.54, 1.807) is 0 Å². The molecule has 1 aliphatic carbocycles. The Balaban J connectivity index is 1.69. The van der Waals surface area contributed by atoms with E-state index in [9.17, 15) is 4.79 Å². The first-order chi connectivity index (χ1) is 8.75. The van der Waals surface area contributed by atoms with Gasteiger partial charge in [0.15, 0.2) is 0 Å². The van der Waals surface area contributed by atoms with Crippen molar-refractivity contribution < 1.29 is 4.79 Å². The summed E-state index contributed by atoms with van der Waals surface area (Å²) in [4.78, 5) is 17.3. The maximum Gasteiger partial charge on any atom is 0.149 e. The molecule has 0 aromatic carbocycles. The average Bonchev–Trinajstić information content (AvgIpc) is 2.39. The van der Waals surface area contributed by atoms with E-state index in [1.807, 2.05) is 0 Å². The Morgan fingerprint density at radius 2 is 1.89 bits per heavy atom. The van der Waals surface area contributed by atoms with Crippen LogP contribution in [0.5, 0.6) is 0 Å². The number of hydrogen-bond donors (Lipinski definition) is 0. The molecule has 0 spiro atoms. The number of carbonyl (C=O) groups excluding carboxylic acids is 1. The number of rotatable bonds is 1. The molecule has 0 N–H and O–H groups in total. The third-order valence-corrected chi connectivity index (χ3v) is 5.16. The second kappa shape index (κ2) is 5.30. The molecular formula is C15H26N2O. The lowest BCUT2D eigenvalue weighted by atomic mass is 9.89. The lowest BCUT2D eigenvalue weighted by Gasteiger charge is -2.50. The van der Waals surface area contributed by atoms with E-state index >= 15 is 0 Å². The second-order valence-electron chi connectivity index (χ2n) is 6.42. The predicted octanol–water partition coefficient (Wildman–Crippen LogP) is 2.06. The van der Waals surface area contributed by atoms with Crippen LogP contribution in [0.25, 0.3) is 0 Å². The molecule has 3 rings (SSSR count). The first kappa shape index (κ1) is 12.6. The zero-order valence-corrected chi connectivity index (χ0v) is 11.6. The van der Waals surface area contributed by atoms with E-state index in [1.165, 1.54) is 38.8 Å². The summed E-state index contributed by atoms with van der Waals surface area (Å²) in [6, 6.07) is 1.54. The van der Waals surface area contributed by atoms with Crippen molar-refractivity contribution in [1.29, 1.82) is 0 Å². The highest BCUT2D eigenvalue weighted by molar-refractivity contribution is 5.84. The van der Waals surface area contributed by atoms with E-state index in [4.69, 9.17) is 0 Å². The van der Waals surface area contributed by atoms with Gasteiger partial charge in [-0.15, -0.1) is 0 Å². The van der Waals surface area contributed by atoms with Gasteiger partial charge in [-0.3, -0.25) is 14.6 Å². The smallest absolute Gasteiger partial charge is 0.149 e. The Morgan fingerprint density at radius 1 is 1.06 bits per heavy atom. The number of Topliss-reactive ketones (excluding diaryl/α,β-unsaturated/α-hetero) is 1. The molecule has 18 heavy (non-hydrogen) atoms. The SMILES string of the molecule is CC1CN2CCCCC2CN1C1CCCCC1=O. The summed E-state index contributed by atoms with van der Waals surface area (Å²) in [6.45, 7) is 5.90. The minimum Gasteiger partial charge on any atom is -0.298 e. The summed E-state index contributed by atoms with van der Waals surface area (Å²) in [7, 11) is 0. The first-order valence-corrected chi connectivity index (χ1v) is 7.78. The summed E-state index contributed by atoms with van der Waals surface area (Å²) in [6.07, 6.45) is 8.37. The first-order valence-electron chi connectivity index (χ1n) is 7.78. The van der Waals surface area contributed by atoms with Crippen LogP contribution in [0.2, 0.25) is 0 Å². The van der Waals surface area contributed by atoms with Gasteiger partial charge < -0.3 is 0 Å². The van der Waals surface area contributed by atoms with Crippen LogP contribution in [0.15, 0.2) is 0 Å². The van der Waals surface area contributed by atoms with Gasteiger partial charge in [-0.25, -0.2) is 0 Å². The molecule has 0 bridgehead atoms. The van der Waals surface area contributed by atoms with Gasteiger partial charge >= 0.3 is 0 Å². The van der Waals surface area contributed by atoms with Crippen molar-refractivity contribution in [2.24, 2.45) is 0 Å². The Bertz CT molecular complexity index is 318. The van der Waals surface area contributed by atoms with Crippen LogP contribution in [-0.4, -0.2) is 53.3 Å². The van der Waals surface area contributed by atoms with Crippen molar-refractivity contribution in [1.82, 2.24) is 9.80 Å². The van der Waals surface area contributed by atoms with Gasteiger partial charge in [-0.05, 0) is 39.2 Å². The van der Waals surface area contributed by atoms with Gasteiger partial charge in [-0.2, -0.15) is 0 Å². The van der Waals surface area contributed by atoms with Crippen LogP contribution in [0.3, 0.4) is 0 Å². The lowest BCUT2D eigenvalue weighted by Crippen LogP contribution is -2.62. The third-order valence-electron chi connectivity index (χ3n) is 5.16. The van der Waals surface area contributed by atoms with Crippen LogP contribution in [-0.2, 0) is 4.79 Å². The van der Waals surface area contributed by atoms with Crippen molar-refractivity contribution in [3.63, 3.8) is 0 Å². The van der Waals surface area contributed by atoms with E-state index in [0.717, 1.165) is 31.8 Å². The van der Waals surface area contributed by atoms with E-state index in [-0.39, 0.29) is 6.04 Å². The van der Waals surface area contributed by atoms with Gasteiger partial charge in [0, 0.05) is 31.6 Å². The lowest BCUT2D eigenvalue weighted by molar-refractivity contribution is -0.129. The molecule has 3 aliphatic rings. The Labute approximate surface area is 111 Å². The van der Waals surface area contributed by atoms with E-state index < -0.39 is 0 Å². The monoisotopic (exact) mass is 250 g/mol. The topological polar surface area (TPSA) is 23.6 Å². The molecule has 3 fully saturated rings. The number of piperidine rings is 1. The fraction of sp³-hybridized carbons (Fsp3) is 0.933. The van der Waals surface area contributed by atoms with Gasteiger partial charge in [0.2, 0.25) is 0 Å². The molecule has 3 nitrogen and oxygen atoms in total. The highest BCUT2D eigenvalue weighted by Crippen LogP contribution is 2.29. The van der Waals surface area contributed by atoms with Crippen molar-refractivity contribution >= 4 is 5.78 Å². The molecule has 0 amide bonds. The van der Waals surface area contributed by atoms with Gasteiger partial charge in [0.25, 0.3) is 0 Å². The molecule has 0 radical (unpaired) electrons. The molecule has 2 saturated heterocycles. The second-order valence-corrected chi connectivity index (χ2v) is 6.42. The summed E-state index contributed by atoms with van der Waals surface area (Å²) in [5.74, 6) is 0.511. The summed E-state index contributed by atoms with van der Waals surface area (Å²) in [5, 5.41) is 0. The molecule has 2 aliphatic heterocycles. The number of fused-ring (bicyclic) bond motifs is 1. The number of piperazine rings is 1. The largest absolute Gasteiger partial charge is 0.298 e. The van der Waals surface area contributed by atoms with Crippen LogP contribution in [0.1, 0.15) is 51.9 Å². The molecule has 102 valence electrons. The van der Waals surface area contributed by atoms with Crippen molar-refractivity contribution in [2.45, 2.75) is 70.0 Å². The number of nitrogens with zero attached hydrogens (tertiary/aromatic N) is 2. The Kier molecular flexibility index (Phi) is 3.71. The minimum atomic E-state index is 0.248. The Hall–Kier alpha value is -0.410. The highest BCUT2D eigenvalue weighted by Gasteiger charge is 2.38. The Morgan fingerprint density at radius 3 is 2.72 bits per heavy atom. The van der Waals surface area contributed by atoms with Crippen molar-refractivity contribution in [2.75, 3.05) is 19.6 Å². The number of ketones is 1. The third kappa shape index (κ3) is 2.35. The summed E-state index contributed by atoms with van der Waals surface area (Å²) in [5.41, 5.74) is 0. The van der Waals surface area contributed by atoms with Crippen LogP contribution >= 0.6 is 0 Å². The number of carbonyl (C=O) groups is 1. The fourth-order valence-corrected chi connectivity index (χ4v) is 4.12.